The Morgan fingerprint density at radius 3 is 2.41 bits per heavy atom. The number of aliphatic hydroxyl groups is 1. The van der Waals surface area contributed by atoms with Crippen molar-refractivity contribution in [2.45, 2.75) is 53.0 Å². The van der Waals surface area contributed by atoms with Gasteiger partial charge in [-0.3, -0.25) is 9.59 Å². The Morgan fingerprint density at radius 2 is 1.76 bits per heavy atom. The average molecular weight is 468 g/mol. The largest absolute Gasteiger partial charge is 0.507 e. The summed E-state index contributed by atoms with van der Waals surface area (Å²) in [6.07, 6.45) is 2.43. The fraction of sp³-hybridized carbons (Fsp3) is 0.407. The quantitative estimate of drug-likeness (QED) is 0.286. The number of nitrogens with zero attached hydrogens (tertiary/aromatic N) is 1. The Morgan fingerprint density at radius 1 is 1.00 bits per heavy atom. The SMILES string of the molecule is CCCCN1C(=O)C(=O)/C(=C(\O)c2ccc(OCCC)c(C)c2)C1c1ccc(O)c(OCC)c1. The molecule has 34 heavy (non-hydrogen) atoms. The lowest BCUT2D eigenvalue weighted by molar-refractivity contribution is -0.139. The second-order valence-electron chi connectivity index (χ2n) is 8.33. The third-order valence-corrected chi connectivity index (χ3v) is 5.80. The number of carbonyl (C=O) groups excluding carboxylic acids is 2. The summed E-state index contributed by atoms with van der Waals surface area (Å²) < 4.78 is 11.2. The van der Waals surface area contributed by atoms with Gasteiger partial charge in [0.25, 0.3) is 11.7 Å². The van der Waals surface area contributed by atoms with Crippen molar-refractivity contribution >= 4 is 17.4 Å². The minimum Gasteiger partial charge on any atom is -0.507 e. The van der Waals surface area contributed by atoms with Crippen molar-refractivity contribution in [3.8, 4) is 17.2 Å². The van der Waals surface area contributed by atoms with Crippen LogP contribution in [0, 0.1) is 6.92 Å². The summed E-state index contributed by atoms with van der Waals surface area (Å²) in [5.41, 5.74) is 1.86. The van der Waals surface area contributed by atoms with E-state index in [9.17, 15) is 19.8 Å². The third kappa shape index (κ3) is 5.03. The van der Waals surface area contributed by atoms with Crippen LogP contribution in [0.15, 0.2) is 42.0 Å². The van der Waals surface area contributed by atoms with Crippen molar-refractivity contribution in [2.24, 2.45) is 0 Å². The van der Waals surface area contributed by atoms with Gasteiger partial charge in [-0.1, -0.05) is 26.3 Å². The number of ketones is 1. The summed E-state index contributed by atoms with van der Waals surface area (Å²) in [5.74, 6) is -0.681. The predicted octanol–water partition coefficient (Wildman–Crippen LogP) is 5.11. The molecular weight excluding hydrogens is 434 g/mol. The molecule has 2 aromatic carbocycles. The van der Waals surface area contributed by atoms with Gasteiger partial charge in [-0.25, -0.2) is 0 Å². The molecule has 1 aliphatic heterocycles. The number of phenolic OH excluding ortho intramolecular Hbond substituents is 1. The molecule has 0 spiro atoms. The van der Waals surface area contributed by atoms with E-state index < -0.39 is 17.7 Å². The van der Waals surface area contributed by atoms with E-state index in [1.807, 2.05) is 20.8 Å². The molecule has 0 bridgehead atoms. The summed E-state index contributed by atoms with van der Waals surface area (Å²) in [7, 11) is 0. The van der Waals surface area contributed by atoms with E-state index in [1.165, 1.54) is 11.0 Å². The number of hydrogen-bond donors (Lipinski definition) is 2. The molecule has 2 aromatic rings. The predicted molar refractivity (Wildman–Crippen MR) is 130 cm³/mol. The number of rotatable bonds is 10. The smallest absolute Gasteiger partial charge is 0.295 e. The minimum atomic E-state index is -0.789. The van der Waals surface area contributed by atoms with Crippen molar-refractivity contribution in [3.05, 3.63) is 58.7 Å². The lowest BCUT2D eigenvalue weighted by Gasteiger charge is -2.25. The normalized spacial score (nSPS) is 17.3. The highest BCUT2D eigenvalue weighted by Gasteiger charge is 2.46. The first-order valence-electron chi connectivity index (χ1n) is 11.8. The van der Waals surface area contributed by atoms with Crippen LogP contribution >= 0.6 is 0 Å². The Hall–Kier alpha value is -3.48. The fourth-order valence-electron chi connectivity index (χ4n) is 4.08. The third-order valence-electron chi connectivity index (χ3n) is 5.80. The van der Waals surface area contributed by atoms with Crippen molar-refractivity contribution in [3.63, 3.8) is 0 Å². The van der Waals surface area contributed by atoms with Gasteiger partial charge in [-0.2, -0.15) is 0 Å². The Balaban J connectivity index is 2.13. The fourth-order valence-corrected chi connectivity index (χ4v) is 4.08. The first-order valence-corrected chi connectivity index (χ1v) is 11.8. The first kappa shape index (κ1) is 25.1. The molecule has 7 heteroatoms. The number of hydrogen-bond acceptors (Lipinski definition) is 6. The maximum atomic E-state index is 13.1. The molecule has 3 rings (SSSR count). The average Bonchev–Trinajstić information content (AvgIpc) is 3.07. The second-order valence-corrected chi connectivity index (χ2v) is 8.33. The minimum absolute atomic E-state index is 0.0240. The maximum Gasteiger partial charge on any atom is 0.295 e. The molecular formula is C27H33NO6. The zero-order chi connectivity index (χ0) is 24.8. The summed E-state index contributed by atoms with van der Waals surface area (Å²) >= 11 is 0. The lowest BCUT2D eigenvalue weighted by atomic mass is 9.94. The molecule has 0 aliphatic carbocycles. The van der Waals surface area contributed by atoms with Gasteiger partial charge in [-0.05, 0) is 68.1 Å². The van der Waals surface area contributed by atoms with E-state index in [-0.39, 0.29) is 22.8 Å². The Labute approximate surface area is 200 Å². The number of aliphatic hydroxyl groups excluding tert-OH is 1. The number of Topliss-reactive ketones (excluding diaryl/α,β-unsaturated/α-hetero) is 1. The number of benzene rings is 2. The van der Waals surface area contributed by atoms with Gasteiger partial charge in [0.2, 0.25) is 0 Å². The lowest BCUT2D eigenvalue weighted by Crippen LogP contribution is -2.30. The number of phenols is 1. The Bertz CT molecular complexity index is 1090. The molecule has 0 saturated carbocycles. The van der Waals surface area contributed by atoms with Crippen LogP contribution in [-0.4, -0.2) is 46.6 Å². The summed E-state index contributed by atoms with van der Waals surface area (Å²) in [5, 5.41) is 21.4. The van der Waals surface area contributed by atoms with E-state index in [2.05, 4.69) is 0 Å². The highest BCUT2D eigenvalue weighted by atomic mass is 16.5. The van der Waals surface area contributed by atoms with Gasteiger partial charge in [0, 0.05) is 12.1 Å². The van der Waals surface area contributed by atoms with Crippen molar-refractivity contribution < 1.29 is 29.3 Å². The monoisotopic (exact) mass is 467 g/mol. The van der Waals surface area contributed by atoms with Gasteiger partial charge in [0.1, 0.15) is 11.5 Å². The molecule has 2 N–H and O–H groups in total. The molecule has 182 valence electrons. The van der Waals surface area contributed by atoms with Gasteiger partial charge >= 0.3 is 0 Å². The molecule has 1 amide bonds. The van der Waals surface area contributed by atoms with Crippen LogP contribution in [0.5, 0.6) is 17.2 Å². The summed E-state index contributed by atoms with van der Waals surface area (Å²) in [6, 6.07) is 9.15. The van der Waals surface area contributed by atoms with E-state index in [0.29, 0.717) is 43.1 Å². The van der Waals surface area contributed by atoms with Crippen molar-refractivity contribution in [1.29, 1.82) is 0 Å². The molecule has 1 fully saturated rings. The van der Waals surface area contributed by atoms with E-state index >= 15 is 0 Å². The van der Waals surface area contributed by atoms with Crippen LogP contribution < -0.4 is 9.47 Å². The standard InChI is InChI=1S/C27H33NO6/c1-5-8-13-28-24(18-9-11-20(29)22(16-18)33-7-3)23(26(31)27(28)32)25(30)19-10-12-21(17(4)15-19)34-14-6-2/h9-12,15-16,24,29-30H,5-8,13-14H2,1-4H3/b25-23-. The van der Waals surface area contributed by atoms with Gasteiger partial charge in [0.05, 0.1) is 24.8 Å². The Kier molecular flexibility index (Phi) is 8.21. The van der Waals surface area contributed by atoms with Crippen LogP contribution in [0.3, 0.4) is 0 Å². The van der Waals surface area contributed by atoms with Gasteiger partial charge in [0.15, 0.2) is 11.5 Å². The van der Waals surface area contributed by atoms with Crippen molar-refractivity contribution in [1.82, 2.24) is 4.90 Å². The molecule has 1 aliphatic rings. The number of aromatic hydroxyl groups is 1. The van der Waals surface area contributed by atoms with Gasteiger partial charge in [-0.15, -0.1) is 0 Å². The van der Waals surface area contributed by atoms with E-state index in [0.717, 1.165) is 18.4 Å². The zero-order valence-corrected chi connectivity index (χ0v) is 20.3. The van der Waals surface area contributed by atoms with Crippen LogP contribution in [0.4, 0.5) is 0 Å². The highest BCUT2D eigenvalue weighted by molar-refractivity contribution is 6.46. The number of unbranched alkanes of at least 4 members (excludes halogenated alkanes) is 1. The van der Waals surface area contributed by atoms with Crippen LogP contribution in [-0.2, 0) is 9.59 Å². The van der Waals surface area contributed by atoms with Crippen LogP contribution in [0.2, 0.25) is 0 Å². The molecule has 0 radical (unpaired) electrons. The van der Waals surface area contributed by atoms with Crippen LogP contribution in [0.25, 0.3) is 5.76 Å². The second kappa shape index (κ2) is 11.1. The molecule has 1 atom stereocenters. The number of carbonyl (C=O) groups is 2. The molecule has 1 heterocycles. The van der Waals surface area contributed by atoms with Crippen LogP contribution in [0.1, 0.15) is 62.8 Å². The number of aryl methyl sites for hydroxylation is 1. The molecule has 0 aromatic heterocycles. The molecule has 1 saturated heterocycles. The zero-order valence-electron chi connectivity index (χ0n) is 20.3. The maximum absolute atomic E-state index is 13.1. The van der Waals surface area contributed by atoms with E-state index in [1.54, 1.807) is 37.3 Å². The highest BCUT2D eigenvalue weighted by Crippen LogP contribution is 2.42. The molecule has 1 unspecified atom stereocenters. The molecule has 7 nitrogen and oxygen atoms in total. The number of amides is 1. The van der Waals surface area contributed by atoms with E-state index in [4.69, 9.17) is 9.47 Å². The van der Waals surface area contributed by atoms with Crippen molar-refractivity contribution in [2.75, 3.05) is 19.8 Å². The van der Waals surface area contributed by atoms with Gasteiger partial charge < -0.3 is 24.6 Å². The number of ether oxygens (including phenoxy) is 2. The topological polar surface area (TPSA) is 96.3 Å². The summed E-state index contributed by atoms with van der Waals surface area (Å²) in [4.78, 5) is 27.6. The summed E-state index contributed by atoms with van der Waals surface area (Å²) in [6.45, 7) is 8.99. The first-order chi connectivity index (χ1) is 16.3. The number of likely N-dealkylation sites (tertiary alicyclic amines) is 1.